The van der Waals surface area contributed by atoms with Crippen molar-refractivity contribution < 1.29 is 4.79 Å². The summed E-state index contributed by atoms with van der Waals surface area (Å²) in [6.07, 6.45) is 5.73. The van der Waals surface area contributed by atoms with Gasteiger partial charge in [0.2, 0.25) is 5.91 Å². The van der Waals surface area contributed by atoms with E-state index in [0.29, 0.717) is 11.6 Å². The Morgan fingerprint density at radius 1 is 1.33 bits per heavy atom. The molecule has 0 aliphatic rings. The molecule has 0 fully saturated rings. The fraction of sp³-hybridized carbons (Fsp3) is 0.176. The summed E-state index contributed by atoms with van der Waals surface area (Å²) in [6, 6.07) is 11.5. The topological polar surface area (TPSA) is 42.0 Å². The van der Waals surface area contributed by atoms with Crippen molar-refractivity contribution in [1.29, 1.82) is 0 Å². The van der Waals surface area contributed by atoms with Crippen LogP contribution in [-0.4, -0.2) is 17.4 Å². The highest BCUT2D eigenvalue weighted by atomic mass is 35.5. The zero-order chi connectivity index (χ0) is 15.1. The normalized spacial score (nSPS) is 10.8. The monoisotopic (exact) mass is 300 g/mol. The lowest BCUT2D eigenvalue weighted by Gasteiger charge is -2.02. The standard InChI is InChI=1S/C17H17ClN2O/c1-13-5-6-14(12-16(13)18)7-8-17(21)20-11-9-15-4-2-3-10-19-15/h2-8,10,12H,9,11H2,1H3,(H,20,21)/b8-7+. The van der Waals surface area contributed by atoms with E-state index in [4.69, 9.17) is 11.6 Å². The maximum atomic E-state index is 11.7. The summed E-state index contributed by atoms with van der Waals surface area (Å²) in [5.41, 5.74) is 2.89. The zero-order valence-corrected chi connectivity index (χ0v) is 12.6. The van der Waals surface area contributed by atoms with E-state index in [2.05, 4.69) is 10.3 Å². The molecular formula is C17H17ClN2O. The van der Waals surface area contributed by atoms with Crippen LogP contribution in [0.1, 0.15) is 16.8 Å². The molecule has 1 amide bonds. The Hall–Kier alpha value is -2.13. The highest BCUT2D eigenvalue weighted by Gasteiger charge is 1.98. The predicted octanol–water partition coefficient (Wildman–Crippen LogP) is 3.42. The minimum atomic E-state index is -0.123. The van der Waals surface area contributed by atoms with E-state index >= 15 is 0 Å². The van der Waals surface area contributed by atoms with Crippen LogP contribution < -0.4 is 5.32 Å². The molecule has 0 aliphatic heterocycles. The van der Waals surface area contributed by atoms with E-state index in [1.807, 2.05) is 43.3 Å². The minimum absolute atomic E-state index is 0.123. The molecule has 21 heavy (non-hydrogen) atoms. The van der Waals surface area contributed by atoms with Crippen LogP contribution in [0, 0.1) is 6.92 Å². The Balaban J connectivity index is 1.81. The lowest BCUT2D eigenvalue weighted by molar-refractivity contribution is -0.116. The molecule has 0 unspecified atom stereocenters. The average molecular weight is 301 g/mol. The van der Waals surface area contributed by atoms with Crippen molar-refractivity contribution in [3.63, 3.8) is 0 Å². The number of pyridine rings is 1. The number of hydrogen-bond acceptors (Lipinski definition) is 2. The van der Waals surface area contributed by atoms with Gasteiger partial charge in [0.15, 0.2) is 0 Å². The number of benzene rings is 1. The maximum absolute atomic E-state index is 11.7. The summed E-state index contributed by atoms with van der Waals surface area (Å²) >= 11 is 6.04. The summed E-state index contributed by atoms with van der Waals surface area (Å²) in [5.74, 6) is -0.123. The molecule has 1 N–H and O–H groups in total. The molecule has 108 valence electrons. The molecule has 0 saturated heterocycles. The molecule has 0 radical (unpaired) electrons. The molecule has 2 aromatic rings. The van der Waals surface area contributed by atoms with Gasteiger partial charge in [0.05, 0.1) is 0 Å². The van der Waals surface area contributed by atoms with E-state index in [0.717, 1.165) is 23.2 Å². The fourth-order valence-corrected chi connectivity index (χ4v) is 1.99. The molecule has 0 bridgehead atoms. The first-order chi connectivity index (χ1) is 10.1. The van der Waals surface area contributed by atoms with Crippen LogP contribution in [0.3, 0.4) is 0 Å². The van der Waals surface area contributed by atoms with Crippen LogP contribution in [0.5, 0.6) is 0 Å². The second kappa shape index (κ2) is 7.60. The van der Waals surface area contributed by atoms with Crippen LogP contribution >= 0.6 is 11.6 Å². The number of rotatable bonds is 5. The van der Waals surface area contributed by atoms with Gasteiger partial charge in [-0.1, -0.05) is 29.8 Å². The molecule has 0 saturated carbocycles. The Morgan fingerprint density at radius 3 is 2.90 bits per heavy atom. The fourth-order valence-electron chi connectivity index (χ4n) is 1.80. The molecule has 1 heterocycles. The van der Waals surface area contributed by atoms with Gasteiger partial charge >= 0.3 is 0 Å². The number of nitrogens with zero attached hydrogens (tertiary/aromatic N) is 1. The number of aryl methyl sites for hydroxylation is 1. The molecule has 2 rings (SSSR count). The molecule has 1 aromatic heterocycles. The predicted molar refractivity (Wildman–Crippen MR) is 86.2 cm³/mol. The summed E-state index contributed by atoms with van der Waals surface area (Å²) in [6.45, 7) is 2.51. The lowest BCUT2D eigenvalue weighted by atomic mass is 10.1. The van der Waals surface area contributed by atoms with Gasteiger partial charge in [-0.3, -0.25) is 9.78 Å². The summed E-state index contributed by atoms with van der Waals surface area (Å²) in [5, 5.41) is 3.53. The number of aromatic nitrogens is 1. The van der Waals surface area contributed by atoms with Gasteiger partial charge in [0.1, 0.15) is 0 Å². The van der Waals surface area contributed by atoms with Gasteiger partial charge in [-0.25, -0.2) is 0 Å². The lowest BCUT2D eigenvalue weighted by Crippen LogP contribution is -2.23. The van der Waals surface area contributed by atoms with Gasteiger partial charge < -0.3 is 5.32 Å². The Morgan fingerprint density at radius 2 is 2.19 bits per heavy atom. The van der Waals surface area contributed by atoms with Crippen molar-refractivity contribution in [1.82, 2.24) is 10.3 Å². The first-order valence-corrected chi connectivity index (χ1v) is 7.15. The number of carbonyl (C=O) groups is 1. The Bertz CT molecular complexity index is 638. The summed E-state index contributed by atoms with van der Waals surface area (Å²) in [4.78, 5) is 15.9. The summed E-state index contributed by atoms with van der Waals surface area (Å²) < 4.78 is 0. The number of nitrogens with one attached hydrogen (secondary N) is 1. The van der Waals surface area contributed by atoms with Crippen LogP contribution in [0.2, 0.25) is 5.02 Å². The third-order valence-corrected chi connectivity index (χ3v) is 3.44. The van der Waals surface area contributed by atoms with Crippen molar-refractivity contribution in [3.05, 3.63) is 70.5 Å². The third kappa shape index (κ3) is 5.04. The first-order valence-electron chi connectivity index (χ1n) is 6.77. The quantitative estimate of drug-likeness (QED) is 0.860. The van der Waals surface area contributed by atoms with E-state index in [9.17, 15) is 4.79 Å². The number of carbonyl (C=O) groups excluding carboxylic acids is 1. The van der Waals surface area contributed by atoms with Gasteiger partial charge in [-0.05, 0) is 42.3 Å². The molecule has 0 aliphatic carbocycles. The number of amides is 1. The van der Waals surface area contributed by atoms with Crippen molar-refractivity contribution in [2.75, 3.05) is 6.54 Å². The first kappa shape index (κ1) is 15.3. The van der Waals surface area contributed by atoms with Crippen molar-refractivity contribution in [2.45, 2.75) is 13.3 Å². The van der Waals surface area contributed by atoms with Crippen molar-refractivity contribution >= 4 is 23.6 Å². The third-order valence-electron chi connectivity index (χ3n) is 3.03. The zero-order valence-electron chi connectivity index (χ0n) is 11.8. The van der Waals surface area contributed by atoms with E-state index < -0.39 is 0 Å². The highest BCUT2D eigenvalue weighted by molar-refractivity contribution is 6.31. The van der Waals surface area contributed by atoms with Crippen LogP contribution in [-0.2, 0) is 11.2 Å². The van der Waals surface area contributed by atoms with E-state index in [1.165, 1.54) is 6.08 Å². The molecule has 0 atom stereocenters. The maximum Gasteiger partial charge on any atom is 0.244 e. The second-order valence-electron chi connectivity index (χ2n) is 4.70. The van der Waals surface area contributed by atoms with Gasteiger partial charge in [-0.2, -0.15) is 0 Å². The van der Waals surface area contributed by atoms with Crippen LogP contribution in [0.4, 0.5) is 0 Å². The van der Waals surface area contributed by atoms with Gasteiger partial charge in [0, 0.05) is 36.0 Å². The molecule has 3 nitrogen and oxygen atoms in total. The SMILES string of the molecule is Cc1ccc(/C=C/C(=O)NCCc2ccccn2)cc1Cl. The van der Waals surface area contributed by atoms with Gasteiger partial charge in [0.25, 0.3) is 0 Å². The van der Waals surface area contributed by atoms with Crippen molar-refractivity contribution in [2.24, 2.45) is 0 Å². The minimum Gasteiger partial charge on any atom is -0.352 e. The second-order valence-corrected chi connectivity index (χ2v) is 5.11. The van der Waals surface area contributed by atoms with Crippen molar-refractivity contribution in [3.8, 4) is 0 Å². The van der Waals surface area contributed by atoms with Gasteiger partial charge in [-0.15, -0.1) is 0 Å². The Labute approximate surface area is 129 Å². The van der Waals surface area contributed by atoms with Crippen LogP contribution in [0.25, 0.3) is 6.08 Å². The number of hydrogen-bond donors (Lipinski definition) is 1. The molecule has 4 heteroatoms. The average Bonchev–Trinajstić information content (AvgIpc) is 2.49. The molecule has 0 spiro atoms. The summed E-state index contributed by atoms with van der Waals surface area (Å²) in [7, 11) is 0. The van der Waals surface area contributed by atoms with Crippen LogP contribution in [0.15, 0.2) is 48.7 Å². The smallest absolute Gasteiger partial charge is 0.244 e. The highest BCUT2D eigenvalue weighted by Crippen LogP contribution is 2.17. The number of halogens is 1. The molecule has 1 aromatic carbocycles. The Kier molecular flexibility index (Phi) is 5.52. The van der Waals surface area contributed by atoms with E-state index in [-0.39, 0.29) is 5.91 Å². The van der Waals surface area contributed by atoms with E-state index in [1.54, 1.807) is 12.3 Å². The largest absolute Gasteiger partial charge is 0.352 e. The molecular weight excluding hydrogens is 284 g/mol.